The molecule has 3 nitrogen and oxygen atoms in total. The third-order valence-electron chi connectivity index (χ3n) is 3.81. The number of nitrogens with two attached hydrogens (primary N) is 1. The predicted octanol–water partition coefficient (Wildman–Crippen LogP) is 2.20. The fourth-order valence-electron chi connectivity index (χ4n) is 2.77. The molecule has 1 aliphatic carbocycles. The Morgan fingerprint density at radius 2 is 2.11 bits per heavy atom. The molecule has 1 aliphatic rings. The maximum absolute atomic E-state index is 13.9. The van der Waals surface area contributed by atoms with E-state index in [1.54, 1.807) is 12.1 Å². The monoisotopic (exact) mass is 282 g/mol. The summed E-state index contributed by atoms with van der Waals surface area (Å²) in [5.74, 6) is -0.415. The molecule has 0 bridgehead atoms. The van der Waals surface area contributed by atoms with Crippen LogP contribution in [0.15, 0.2) is 18.2 Å². The molecule has 1 saturated carbocycles. The predicted molar refractivity (Wildman–Crippen MR) is 79.0 cm³/mol. The Morgan fingerprint density at radius 3 is 2.74 bits per heavy atom. The van der Waals surface area contributed by atoms with E-state index in [2.05, 4.69) is 0 Å². The van der Waals surface area contributed by atoms with E-state index in [9.17, 15) is 9.50 Å². The number of nitrogens with zero attached hydrogens (tertiary/aromatic N) is 1. The molecule has 2 unspecified atom stereocenters. The molecule has 0 amide bonds. The van der Waals surface area contributed by atoms with Crippen molar-refractivity contribution in [1.82, 2.24) is 0 Å². The molecule has 5 heteroatoms. The number of halogens is 1. The summed E-state index contributed by atoms with van der Waals surface area (Å²) in [6, 6.07) is 4.77. The first-order valence-corrected chi connectivity index (χ1v) is 6.92. The second-order valence-electron chi connectivity index (χ2n) is 5.03. The van der Waals surface area contributed by atoms with Gasteiger partial charge >= 0.3 is 0 Å². The highest BCUT2D eigenvalue weighted by Crippen LogP contribution is 2.29. The van der Waals surface area contributed by atoms with Crippen molar-refractivity contribution in [2.45, 2.75) is 37.8 Å². The molecule has 2 rings (SSSR count). The van der Waals surface area contributed by atoms with Crippen LogP contribution in [0.5, 0.6) is 0 Å². The Morgan fingerprint density at radius 1 is 1.42 bits per heavy atom. The number of hydrogen-bond acceptors (Lipinski definition) is 3. The van der Waals surface area contributed by atoms with Gasteiger partial charge in [-0.05, 0) is 25.0 Å². The highest BCUT2D eigenvalue weighted by Gasteiger charge is 2.28. The fraction of sp³-hybridized carbons (Fsp3) is 0.500. The number of benzene rings is 1. The molecule has 2 atom stereocenters. The number of aliphatic hydroxyl groups excluding tert-OH is 1. The van der Waals surface area contributed by atoms with Crippen LogP contribution in [0.3, 0.4) is 0 Å². The molecule has 0 aliphatic heterocycles. The average molecular weight is 282 g/mol. The summed E-state index contributed by atoms with van der Waals surface area (Å²) in [4.78, 5) is 1.95. The van der Waals surface area contributed by atoms with Crippen LogP contribution >= 0.6 is 12.2 Å². The molecule has 1 fully saturated rings. The molecular formula is C14H19FN2OS. The number of thiocarbonyl (C=S) groups is 1. The number of rotatable bonds is 3. The molecule has 0 spiro atoms. The topological polar surface area (TPSA) is 49.5 Å². The summed E-state index contributed by atoms with van der Waals surface area (Å²) in [5.41, 5.74) is 6.53. The molecular weight excluding hydrogens is 263 g/mol. The van der Waals surface area contributed by atoms with Crippen molar-refractivity contribution in [2.75, 3.05) is 11.9 Å². The molecule has 0 heterocycles. The Bertz CT molecular complexity index is 481. The zero-order valence-electron chi connectivity index (χ0n) is 11.0. The smallest absolute Gasteiger partial charge is 0.135 e. The fourth-order valence-corrected chi connectivity index (χ4v) is 2.97. The summed E-state index contributed by atoms with van der Waals surface area (Å²) in [7, 11) is 1.86. The van der Waals surface area contributed by atoms with Gasteiger partial charge in [-0.25, -0.2) is 4.39 Å². The van der Waals surface area contributed by atoms with Gasteiger partial charge in [0.2, 0.25) is 0 Å². The maximum atomic E-state index is 13.9. The second-order valence-corrected chi connectivity index (χ2v) is 5.47. The van der Waals surface area contributed by atoms with E-state index in [4.69, 9.17) is 18.0 Å². The molecule has 0 saturated heterocycles. The summed E-state index contributed by atoms with van der Waals surface area (Å²) >= 11 is 4.94. The minimum atomic E-state index is -0.415. The molecule has 104 valence electrons. The van der Waals surface area contributed by atoms with Gasteiger partial charge in [-0.1, -0.05) is 31.1 Å². The zero-order chi connectivity index (χ0) is 14.0. The summed E-state index contributed by atoms with van der Waals surface area (Å²) < 4.78 is 13.9. The number of likely N-dealkylation sites (N-methyl/N-ethyl adjacent to an activating group) is 1. The number of hydrogen-bond donors (Lipinski definition) is 2. The quantitative estimate of drug-likeness (QED) is 0.835. The van der Waals surface area contributed by atoms with E-state index in [1.165, 1.54) is 6.07 Å². The summed E-state index contributed by atoms with van der Waals surface area (Å²) in [6.07, 6.45) is 3.40. The van der Waals surface area contributed by atoms with Gasteiger partial charge in [0.25, 0.3) is 0 Å². The van der Waals surface area contributed by atoms with E-state index in [0.29, 0.717) is 5.69 Å². The lowest BCUT2D eigenvalue weighted by atomic mass is 9.91. The van der Waals surface area contributed by atoms with Crippen molar-refractivity contribution in [1.29, 1.82) is 0 Å². The molecule has 3 N–H and O–H groups in total. The largest absolute Gasteiger partial charge is 0.391 e. The highest BCUT2D eigenvalue weighted by atomic mass is 32.1. The van der Waals surface area contributed by atoms with Crippen LogP contribution in [-0.2, 0) is 0 Å². The van der Waals surface area contributed by atoms with E-state index in [0.717, 1.165) is 25.7 Å². The SMILES string of the molecule is CN(c1cccc(F)c1C(N)=S)C1CCCCC1O. The van der Waals surface area contributed by atoms with Crippen LogP contribution in [0.1, 0.15) is 31.2 Å². The lowest BCUT2D eigenvalue weighted by molar-refractivity contribution is 0.106. The summed E-state index contributed by atoms with van der Waals surface area (Å²) in [6.45, 7) is 0. The van der Waals surface area contributed by atoms with Crippen LogP contribution in [0.2, 0.25) is 0 Å². The number of anilines is 1. The van der Waals surface area contributed by atoms with Crippen molar-refractivity contribution in [2.24, 2.45) is 5.73 Å². The molecule has 1 aromatic rings. The minimum absolute atomic E-state index is 0.0105. The Kier molecular flexibility index (Phi) is 4.37. The zero-order valence-corrected chi connectivity index (χ0v) is 11.8. The standard InChI is InChI=1S/C14H19FN2OS/c1-17(10-6-2-3-8-12(10)18)11-7-4-5-9(15)13(11)14(16)19/h4-5,7,10,12,18H,2-3,6,8H2,1H3,(H2,16,19). The van der Waals surface area contributed by atoms with Crippen LogP contribution in [0.4, 0.5) is 10.1 Å². The first kappa shape index (κ1) is 14.2. The highest BCUT2D eigenvalue weighted by molar-refractivity contribution is 7.80. The van der Waals surface area contributed by atoms with Crippen molar-refractivity contribution < 1.29 is 9.50 Å². The number of aliphatic hydroxyl groups is 1. The van der Waals surface area contributed by atoms with Crippen LogP contribution in [-0.4, -0.2) is 29.3 Å². The van der Waals surface area contributed by atoms with Gasteiger partial charge in [-0.2, -0.15) is 0 Å². The van der Waals surface area contributed by atoms with Gasteiger partial charge in [0, 0.05) is 12.7 Å². The lowest BCUT2D eigenvalue weighted by Crippen LogP contribution is -2.44. The Balaban J connectivity index is 2.35. The van der Waals surface area contributed by atoms with Crippen LogP contribution in [0, 0.1) is 5.82 Å². The Labute approximate surface area is 118 Å². The summed E-state index contributed by atoms with van der Waals surface area (Å²) in [5, 5.41) is 10.1. The van der Waals surface area contributed by atoms with E-state index < -0.39 is 5.82 Å². The van der Waals surface area contributed by atoms with Gasteiger partial charge in [-0.3, -0.25) is 0 Å². The maximum Gasteiger partial charge on any atom is 0.135 e. The first-order valence-electron chi connectivity index (χ1n) is 6.51. The normalized spacial score (nSPS) is 23.1. The van der Waals surface area contributed by atoms with Crippen molar-refractivity contribution in [3.63, 3.8) is 0 Å². The average Bonchev–Trinajstić information content (AvgIpc) is 2.37. The molecule has 0 aromatic heterocycles. The van der Waals surface area contributed by atoms with Crippen molar-refractivity contribution in [3.8, 4) is 0 Å². The van der Waals surface area contributed by atoms with Gasteiger partial charge in [0.1, 0.15) is 10.8 Å². The van der Waals surface area contributed by atoms with Gasteiger partial charge < -0.3 is 15.7 Å². The van der Waals surface area contributed by atoms with E-state index in [-0.39, 0.29) is 22.7 Å². The van der Waals surface area contributed by atoms with Gasteiger partial charge in [0.05, 0.1) is 17.7 Å². The third-order valence-corrected chi connectivity index (χ3v) is 4.01. The van der Waals surface area contributed by atoms with Crippen LogP contribution in [0.25, 0.3) is 0 Å². The lowest BCUT2D eigenvalue weighted by Gasteiger charge is -2.37. The van der Waals surface area contributed by atoms with Gasteiger partial charge in [-0.15, -0.1) is 0 Å². The van der Waals surface area contributed by atoms with Crippen molar-refractivity contribution >= 4 is 22.9 Å². The second kappa shape index (κ2) is 5.84. The third kappa shape index (κ3) is 2.87. The van der Waals surface area contributed by atoms with E-state index in [1.807, 2.05) is 11.9 Å². The van der Waals surface area contributed by atoms with E-state index >= 15 is 0 Å². The molecule has 1 aromatic carbocycles. The molecule has 19 heavy (non-hydrogen) atoms. The van der Waals surface area contributed by atoms with Gasteiger partial charge in [0.15, 0.2) is 0 Å². The van der Waals surface area contributed by atoms with Crippen LogP contribution < -0.4 is 10.6 Å². The first-order chi connectivity index (χ1) is 9.02. The molecule has 0 radical (unpaired) electrons. The van der Waals surface area contributed by atoms with Crippen molar-refractivity contribution in [3.05, 3.63) is 29.6 Å². The Hall–Kier alpha value is -1.20. The minimum Gasteiger partial charge on any atom is -0.391 e.